The van der Waals surface area contributed by atoms with Gasteiger partial charge in [-0.15, -0.1) is 5.10 Å². The summed E-state index contributed by atoms with van der Waals surface area (Å²) in [6.45, 7) is 10.8. The van der Waals surface area contributed by atoms with E-state index in [1.165, 1.54) is 12.8 Å². The third kappa shape index (κ3) is 3.25. The van der Waals surface area contributed by atoms with E-state index < -0.39 is 0 Å². The minimum absolute atomic E-state index is 0.217. The van der Waals surface area contributed by atoms with Gasteiger partial charge in [-0.25, -0.2) is 4.68 Å². The Morgan fingerprint density at radius 1 is 1.35 bits per heavy atom. The number of hydrogen-bond acceptors (Lipinski definition) is 4. The van der Waals surface area contributed by atoms with Crippen LogP contribution in [-0.2, 0) is 6.54 Å². The van der Waals surface area contributed by atoms with Crippen LogP contribution in [0.3, 0.4) is 0 Å². The number of nitrogens with zero attached hydrogens (tertiary/aromatic N) is 4. The molecule has 5 nitrogen and oxygen atoms in total. The maximum atomic E-state index is 4.15. The number of hydrogen-bond donors (Lipinski definition) is 1. The Morgan fingerprint density at radius 3 is 2.65 bits per heavy atom. The standard InChI is InChI=1S/C12H23N5/c1-9(2)7-13-10(3)11-14-15-16-17(11)8-12(4)5-6-12/h9-10,13H,5-8H2,1-4H3. The molecular weight excluding hydrogens is 214 g/mol. The second kappa shape index (κ2) is 4.72. The summed E-state index contributed by atoms with van der Waals surface area (Å²) < 4.78 is 1.96. The SMILES string of the molecule is CC(C)CNC(C)c1nnnn1CC1(C)CC1. The molecule has 5 heteroatoms. The lowest BCUT2D eigenvalue weighted by Gasteiger charge is -2.16. The zero-order chi connectivity index (χ0) is 12.5. The molecule has 1 saturated carbocycles. The summed E-state index contributed by atoms with van der Waals surface area (Å²) in [6, 6.07) is 0.217. The summed E-state index contributed by atoms with van der Waals surface area (Å²) in [6.07, 6.45) is 2.58. The molecule has 96 valence electrons. The lowest BCUT2D eigenvalue weighted by atomic mass is 10.1. The number of rotatable bonds is 6. The Labute approximate surface area is 103 Å². The first-order chi connectivity index (χ1) is 8.00. The Balaban J connectivity index is 1.97. The first kappa shape index (κ1) is 12.5. The Kier molecular flexibility index (Phi) is 3.47. The van der Waals surface area contributed by atoms with E-state index in [-0.39, 0.29) is 6.04 Å². The molecule has 0 bridgehead atoms. The van der Waals surface area contributed by atoms with E-state index in [9.17, 15) is 0 Å². The van der Waals surface area contributed by atoms with E-state index in [2.05, 4.69) is 48.5 Å². The number of aromatic nitrogens is 4. The average Bonchev–Trinajstić information content (AvgIpc) is 2.80. The smallest absolute Gasteiger partial charge is 0.167 e. The molecule has 0 spiro atoms. The van der Waals surface area contributed by atoms with Gasteiger partial charge in [0.25, 0.3) is 0 Å². The summed E-state index contributed by atoms with van der Waals surface area (Å²) in [7, 11) is 0. The van der Waals surface area contributed by atoms with Crippen LogP contribution in [-0.4, -0.2) is 26.8 Å². The maximum absolute atomic E-state index is 4.15. The molecule has 1 aliphatic rings. The van der Waals surface area contributed by atoms with Crippen LogP contribution in [0.25, 0.3) is 0 Å². The lowest BCUT2D eigenvalue weighted by molar-refractivity contribution is 0.390. The predicted molar refractivity (Wildman–Crippen MR) is 66.4 cm³/mol. The van der Waals surface area contributed by atoms with Crippen molar-refractivity contribution in [3.63, 3.8) is 0 Å². The molecule has 2 rings (SSSR count). The van der Waals surface area contributed by atoms with Crippen LogP contribution >= 0.6 is 0 Å². The van der Waals surface area contributed by atoms with Crippen LogP contribution in [0.5, 0.6) is 0 Å². The first-order valence-electron chi connectivity index (χ1n) is 6.50. The molecule has 0 aromatic carbocycles. The molecule has 17 heavy (non-hydrogen) atoms. The summed E-state index contributed by atoms with van der Waals surface area (Å²) in [4.78, 5) is 0. The molecule has 1 aromatic heterocycles. The zero-order valence-electron chi connectivity index (χ0n) is 11.3. The van der Waals surface area contributed by atoms with Gasteiger partial charge in [-0.05, 0) is 48.1 Å². The summed E-state index contributed by atoms with van der Waals surface area (Å²) in [5, 5.41) is 15.5. The van der Waals surface area contributed by atoms with Gasteiger partial charge in [-0.2, -0.15) is 0 Å². The van der Waals surface area contributed by atoms with Crippen LogP contribution in [0.2, 0.25) is 0 Å². The molecule has 0 aliphatic heterocycles. The second-order valence-corrected chi connectivity index (χ2v) is 6.03. The highest BCUT2D eigenvalue weighted by atomic mass is 15.5. The molecular formula is C12H23N5. The normalized spacial score (nSPS) is 19.6. The van der Waals surface area contributed by atoms with Crippen molar-refractivity contribution >= 4 is 0 Å². The van der Waals surface area contributed by atoms with E-state index in [1.807, 2.05) is 4.68 Å². The van der Waals surface area contributed by atoms with Gasteiger partial charge in [0.05, 0.1) is 12.6 Å². The lowest BCUT2D eigenvalue weighted by Crippen LogP contribution is -2.27. The van der Waals surface area contributed by atoms with E-state index >= 15 is 0 Å². The van der Waals surface area contributed by atoms with Crippen molar-refractivity contribution in [2.24, 2.45) is 11.3 Å². The van der Waals surface area contributed by atoms with Crippen LogP contribution in [0.15, 0.2) is 0 Å². The fourth-order valence-corrected chi connectivity index (χ4v) is 1.87. The van der Waals surface area contributed by atoms with Crippen molar-refractivity contribution in [1.82, 2.24) is 25.5 Å². The van der Waals surface area contributed by atoms with Gasteiger partial charge < -0.3 is 5.32 Å². The van der Waals surface area contributed by atoms with Crippen LogP contribution in [0.1, 0.15) is 52.4 Å². The third-order valence-corrected chi connectivity index (χ3v) is 3.41. The monoisotopic (exact) mass is 237 g/mol. The largest absolute Gasteiger partial charge is 0.307 e. The third-order valence-electron chi connectivity index (χ3n) is 3.41. The minimum Gasteiger partial charge on any atom is -0.307 e. The molecule has 1 fully saturated rings. The van der Waals surface area contributed by atoms with E-state index in [4.69, 9.17) is 0 Å². The van der Waals surface area contributed by atoms with Gasteiger partial charge in [0, 0.05) is 0 Å². The van der Waals surface area contributed by atoms with Gasteiger partial charge in [0.15, 0.2) is 5.82 Å². The minimum atomic E-state index is 0.217. The Hall–Kier alpha value is -0.970. The molecule has 0 radical (unpaired) electrons. The molecule has 1 aromatic rings. The van der Waals surface area contributed by atoms with Gasteiger partial charge in [-0.1, -0.05) is 20.8 Å². The van der Waals surface area contributed by atoms with Crippen molar-refractivity contribution in [1.29, 1.82) is 0 Å². The van der Waals surface area contributed by atoms with E-state index in [0.29, 0.717) is 11.3 Å². The topological polar surface area (TPSA) is 55.6 Å². The first-order valence-corrected chi connectivity index (χ1v) is 6.50. The van der Waals surface area contributed by atoms with Crippen LogP contribution in [0, 0.1) is 11.3 Å². The van der Waals surface area contributed by atoms with Crippen molar-refractivity contribution in [3.05, 3.63) is 5.82 Å². The molecule has 1 atom stereocenters. The van der Waals surface area contributed by atoms with Crippen molar-refractivity contribution in [2.75, 3.05) is 6.54 Å². The molecule has 1 heterocycles. The highest BCUT2D eigenvalue weighted by molar-refractivity contribution is 4.95. The fraction of sp³-hybridized carbons (Fsp3) is 0.917. The second-order valence-electron chi connectivity index (χ2n) is 6.03. The fourth-order valence-electron chi connectivity index (χ4n) is 1.87. The predicted octanol–water partition coefficient (Wildman–Crippen LogP) is 1.78. The Morgan fingerprint density at radius 2 is 2.06 bits per heavy atom. The van der Waals surface area contributed by atoms with Crippen molar-refractivity contribution < 1.29 is 0 Å². The summed E-state index contributed by atoms with van der Waals surface area (Å²) >= 11 is 0. The van der Waals surface area contributed by atoms with Crippen LogP contribution < -0.4 is 5.32 Å². The van der Waals surface area contributed by atoms with Gasteiger partial charge >= 0.3 is 0 Å². The summed E-state index contributed by atoms with van der Waals surface area (Å²) in [5.74, 6) is 1.60. The van der Waals surface area contributed by atoms with Crippen molar-refractivity contribution in [3.8, 4) is 0 Å². The van der Waals surface area contributed by atoms with E-state index in [0.717, 1.165) is 18.9 Å². The van der Waals surface area contributed by atoms with Crippen molar-refractivity contribution in [2.45, 2.75) is 53.1 Å². The molecule has 1 unspecified atom stereocenters. The van der Waals surface area contributed by atoms with Gasteiger partial charge in [-0.3, -0.25) is 0 Å². The van der Waals surface area contributed by atoms with Gasteiger partial charge in [0.1, 0.15) is 0 Å². The molecule has 0 saturated heterocycles. The average molecular weight is 237 g/mol. The number of tetrazole rings is 1. The molecule has 1 N–H and O–H groups in total. The van der Waals surface area contributed by atoms with Crippen LogP contribution in [0.4, 0.5) is 0 Å². The number of nitrogens with one attached hydrogen (secondary N) is 1. The zero-order valence-corrected chi connectivity index (χ0v) is 11.3. The quantitative estimate of drug-likeness (QED) is 0.819. The van der Waals surface area contributed by atoms with Gasteiger partial charge in [0.2, 0.25) is 0 Å². The highest BCUT2D eigenvalue weighted by Crippen LogP contribution is 2.46. The molecule has 0 amide bonds. The highest BCUT2D eigenvalue weighted by Gasteiger charge is 2.38. The Bertz CT molecular complexity index is 367. The summed E-state index contributed by atoms with van der Waals surface area (Å²) in [5.41, 5.74) is 0.432. The van der Waals surface area contributed by atoms with E-state index in [1.54, 1.807) is 0 Å². The molecule has 1 aliphatic carbocycles. The maximum Gasteiger partial charge on any atom is 0.167 e.